The molecular formula is C11H13NO4. The largest absolute Gasteiger partial charge is 0.480 e. The molecule has 0 saturated heterocycles. The molecule has 16 heavy (non-hydrogen) atoms. The zero-order valence-electron chi connectivity index (χ0n) is 8.59. The summed E-state index contributed by atoms with van der Waals surface area (Å²) in [6.07, 6.45) is 0. The lowest BCUT2D eigenvalue weighted by atomic mass is 9.99. The van der Waals surface area contributed by atoms with Crippen molar-refractivity contribution in [3.05, 3.63) is 35.9 Å². The summed E-state index contributed by atoms with van der Waals surface area (Å²) in [7, 11) is 0. The number of aliphatic hydroxyl groups is 1. The van der Waals surface area contributed by atoms with Gasteiger partial charge in [-0.1, -0.05) is 30.3 Å². The Balaban J connectivity index is 2.68. The molecule has 1 rings (SSSR count). The van der Waals surface area contributed by atoms with Crippen LogP contribution in [0, 0.1) is 0 Å². The number of aliphatic carboxylic acids is 1. The number of carboxylic acid groups (broad SMARTS) is 1. The van der Waals surface area contributed by atoms with Gasteiger partial charge in [0.1, 0.15) is 6.54 Å². The summed E-state index contributed by atoms with van der Waals surface area (Å²) in [6.45, 7) is -0.794. The van der Waals surface area contributed by atoms with Gasteiger partial charge in [-0.2, -0.15) is 0 Å². The molecule has 0 aliphatic rings. The average Bonchev–Trinajstić information content (AvgIpc) is 2.29. The summed E-state index contributed by atoms with van der Waals surface area (Å²) in [6, 6.07) is 8.72. The van der Waals surface area contributed by atoms with Crippen molar-refractivity contribution >= 4 is 11.9 Å². The Kier molecular flexibility index (Phi) is 4.47. The lowest BCUT2D eigenvalue weighted by Crippen LogP contribution is -2.34. The van der Waals surface area contributed by atoms with Crippen LogP contribution < -0.4 is 5.32 Å². The van der Waals surface area contributed by atoms with Crippen molar-refractivity contribution in [2.75, 3.05) is 13.2 Å². The number of hydrogen-bond acceptors (Lipinski definition) is 3. The lowest BCUT2D eigenvalue weighted by Gasteiger charge is -2.13. The van der Waals surface area contributed by atoms with Gasteiger partial charge in [-0.3, -0.25) is 9.59 Å². The van der Waals surface area contributed by atoms with Gasteiger partial charge in [-0.25, -0.2) is 0 Å². The Hall–Kier alpha value is -1.88. The van der Waals surface area contributed by atoms with Crippen LogP contribution in [0.5, 0.6) is 0 Å². The van der Waals surface area contributed by atoms with E-state index in [2.05, 4.69) is 5.32 Å². The zero-order valence-corrected chi connectivity index (χ0v) is 8.59. The van der Waals surface area contributed by atoms with Crippen LogP contribution >= 0.6 is 0 Å². The predicted molar refractivity (Wildman–Crippen MR) is 56.9 cm³/mol. The van der Waals surface area contributed by atoms with E-state index in [0.717, 1.165) is 0 Å². The molecule has 1 atom stereocenters. The van der Waals surface area contributed by atoms with Gasteiger partial charge < -0.3 is 15.5 Å². The highest BCUT2D eigenvalue weighted by molar-refractivity contribution is 5.86. The van der Waals surface area contributed by atoms with E-state index >= 15 is 0 Å². The van der Waals surface area contributed by atoms with Crippen LogP contribution in [0.2, 0.25) is 0 Å². The summed E-state index contributed by atoms with van der Waals surface area (Å²) in [5, 5.41) is 19.8. The van der Waals surface area contributed by atoms with Crippen LogP contribution in [0.25, 0.3) is 0 Å². The van der Waals surface area contributed by atoms with Crippen molar-refractivity contribution in [3.8, 4) is 0 Å². The van der Waals surface area contributed by atoms with Crippen molar-refractivity contribution in [1.82, 2.24) is 5.32 Å². The molecule has 0 radical (unpaired) electrons. The van der Waals surface area contributed by atoms with Crippen molar-refractivity contribution in [3.63, 3.8) is 0 Å². The van der Waals surface area contributed by atoms with Crippen LogP contribution in [0.1, 0.15) is 11.5 Å². The fourth-order valence-corrected chi connectivity index (χ4v) is 1.31. The number of rotatable bonds is 5. The number of carbonyl (C=O) groups is 2. The summed E-state index contributed by atoms with van der Waals surface area (Å²) in [4.78, 5) is 21.8. The molecule has 0 fully saturated rings. The number of carbonyl (C=O) groups excluding carboxylic acids is 1. The monoisotopic (exact) mass is 223 g/mol. The van der Waals surface area contributed by atoms with Crippen molar-refractivity contribution < 1.29 is 19.8 Å². The second-order valence-electron chi connectivity index (χ2n) is 3.26. The first kappa shape index (κ1) is 12.2. The molecule has 1 aromatic rings. The van der Waals surface area contributed by atoms with E-state index < -0.39 is 24.3 Å². The first-order valence-electron chi connectivity index (χ1n) is 4.80. The number of aliphatic hydroxyl groups excluding tert-OH is 1. The first-order chi connectivity index (χ1) is 7.65. The molecule has 86 valence electrons. The van der Waals surface area contributed by atoms with Gasteiger partial charge in [0.25, 0.3) is 0 Å². The Morgan fingerprint density at radius 1 is 1.25 bits per heavy atom. The number of amides is 1. The van der Waals surface area contributed by atoms with Gasteiger partial charge in [0.2, 0.25) is 5.91 Å². The molecule has 0 aliphatic carbocycles. The summed E-state index contributed by atoms with van der Waals surface area (Å²) in [5.41, 5.74) is 0.660. The van der Waals surface area contributed by atoms with Crippen LogP contribution in [-0.2, 0) is 9.59 Å². The normalized spacial score (nSPS) is 11.8. The highest BCUT2D eigenvalue weighted by atomic mass is 16.4. The third kappa shape index (κ3) is 3.36. The highest BCUT2D eigenvalue weighted by Gasteiger charge is 2.19. The van der Waals surface area contributed by atoms with Gasteiger partial charge in [0.05, 0.1) is 12.5 Å². The standard InChI is InChI=1S/C11H13NO4/c13-7-9(8-4-2-1-3-5-8)11(16)12-6-10(14)15/h1-5,9,13H,6-7H2,(H,12,16)(H,14,15). The average molecular weight is 223 g/mol. The SMILES string of the molecule is O=C(O)CNC(=O)C(CO)c1ccccc1. The predicted octanol–water partition coefficient (Wildman–Crippen LogP) is -0.0367. The van der Waals surface area contributed by atoms with Crippen LogP contribution in [-0.4, -0.2) is 35.2 Å². The maximum atomic E-state index is 11.5. The summed E-state index contributed by atoms with van der Waals surface area (Å²) in [5.74, 6) is -2.32. The van der Waals surface area contributed by atoms with E-state index in [0.29, 0.717) is 5.56 Å². The lowest BCUT2D eigenvalue weighted by molar-refractivity contribution is -0.138. The molecule has 0 aromatic heterocycles. The second kappa shape index (κ2) is 5.87. The molecule has 1 amide bonds. The fraction of sp³-hybridized carbons (Fsp3) is 0.273. The fourth-order valence-electron chi connectivity index (χ4n) is 1.31. The molecule has 5 heteroatoms. The van der Waals surface area contributed by atoms with E-state index in [-0.39, 0.29) is 6.61 Å². The molecule has 0 spiro atoms. The van der Waals surface area contributed by atoms with Gasteiger partial charge in [0.15, 0.2) is 0 Å². The zero-order chi connectivity index (χ0) is 12.0. The summed E-state index contributed by atoms with van der Waals surface area (Å²) >= 11 is 0. The Morgan fingerprint density at radius 3 is 2.38 bits per heavy atom. The minimum atomic E-state index is -1.11. The Bertz CT molecular complexity index is 364. The number of carboxylic acids is 1. The van der Waals surface area contributed by atoms with Gasteiger partial charge in [-0.05, 0) is 5.56 Å². The van der Waals surface area contributed by atoms with E-state index in [1.54, 1.807) is 30.3 Å². The van der Waals surface area contributed by atoms with Gasteiger partial charge >= 0.3 is 5.97 Å². The molecule has 5 nitrogen and oxygen atoms in total. The van der Waals surface area contributed by atoms with Crippen LogP contribution in [0.3, 0.4) is 0 Å². The number of benzene rings is 1. The van der Waals surface area contributed by atoms with E-state index in [1.165, 1.54) is 0 Å². The Morgan fingerprint density at radius 2 is 1.88 bits per heavy atom. The van der Waals surface area contributed by atoms with Crippen LogP contribution in [0.4, 0.5) is 0 Å². The molecular weight excluding hydrogens is 210 g/mol. The minimum Gasteiger partial charge on any atom is -0.480 e. The van der Waals surface area contributed by atoms with Gasteiger partial charge in [-0.15, -0.1) is 0 Å². The van der Waals surface area contributed by atoms with E-state index in [1.807, 2.05) is 0 Å². The van der Waals surface area contributed by atoms with Crippen molar-refractivity contribution in [2.45, 2.75) is 5.92 Å². The van der Waals surface area contributed by atoms with Crippen molar-refractivity contribution in [1.29, 1.82) is 0 Å². The number of hydrogen-bond donors (Lipinski definition) is 3. The van der Waals surface area contributed by atoms with Crippen LogP contribution in [0.15, 0.2) is 30.3 Å². The highest BCUT2D eigenvalue weighted by Crippen LogP contribution is 2.14. The third-order valence-corrected chi connectivity index (χ3v) is 2.11. The first-order valence-corrected chi connectivity index (χ1v) is 4.80. The smallest absolute Gasteiger partial charge is 0.322 e. The molecule has 1 aromatic carbocycles. The maximum Gasteiger partial charge on any atom is 0.322 e. The molecule has 0 heterocycles. The van der Waals surface area contributed by atoms with E-state index in [9.17, 15) is 9.59 Å². The molecule has 0 saturated carbocycles. The Labute approximate surface area is 92.7 Å². The molecule has 3 N–H and O–H groups in total. The van der Waals surface area contributed by atoms with E-state index in [4.69, 9.17) is 10.2 Å². The second-order valence-corrected chi connectivity index (χ2v) is 3.26. The molecule has 0 aliphatic heterocycles. The third-order valence-electron chi connectivity index (χ3n) is 2.11. The molecule has 1 unspecified atom stereocenters. The quantitative estimate of drug-likeness (QED) is 0.654. The summed E-state index contributed by atoms with van der Waals surface area (Å²) < 4.78 is 0. The van der Waals surface area contributed by atoms with Crippen molar-refractivity contribution in [2.24, 2.45) is 0 Å². The minimum absolute atomic E-state index is 0.352. The maximum absolute atomic E-state index is 11.5. The molecule has 0 bridgehead atoms. The van der Waals surface area contributed by atoms with Gasteiger partial charge in [0, 0.05) is 0 Å². The number of nitrogens with one attached hydrogen (secondary N) is 1. The topological polar surface area (TPSA) is 86.6 Å².